The topological polar surface area (TPSA) is 119 Å². The molecule has 0 saturated carbocycles. The average Bonchev–Trinajstić information content (AvgIpc) is 2.39. The summed E-state index contributed by atoms with van der Waals surface area (Å²) in [6.07, 6.45) is 0.0494. The highest BCUT2D eigenvalue weighted by molar-refractivity contribution is 6.04. The van der Waals surface area contributed by atoms with E-state index >= 15 is 0 Å². The van der Waals surface area contributed by atoms with Gasteiger partial charge in [-0.05, 0) is 19.1 Å². The van der Waals surface area contributed by atoms with Gasteiger partial charge in [-0.25, -0.2) is 0 Å². The number of hydrogen-bond donors (Lipinski definition) is 3. The van der Waals surface area contributed by atoms with Gasteiger partial charge in [-0.3, -0.25) is 14.4 Å². The highest BCUT2D eigenvalue weighted by Crippen LogP contribution is 2.24. The molecule has 0 aliphatic rings. The van der Waals surface area contributed by atoms with E-state index in [9.17, 15) is 14.4 Å². The van der Waals surface area contributed by atoms with E-state index in [4.69, 9.17) is 15.6 Å². The van der Waals surface area contributed by atoms with E-state index in [2.05, 4.69) is 5.32 Å². The molecular formula is C13H16N2O5. The lowest BCUT2D eigenvalue weighted by Gasteiger charge is -2.13. The van der Waals surface area contributed by atoms with Gasteiger partial charge in [-0.1, -0.05) is 12.1 Å². The number of carbonyl (C=O) groups excluding carboxylic acids is 2. The second-order valence-corrected chi connectivity index (χ2v) is 4.11. The Morgan fingerprint density at radius 1 is 1.35 bits per heavy atom. The van der Waals surface area contributed by atoms with Gasteiger partial charge in [0, 0.05) is 0 Å². The molecule has 0 spiro atoms. The Balaban J connectivity index is 2.72. The first-order chi connectivity index (χ1) is 9.41. The Kier molecular flexibility index (Phi) is 5.52. The lowest BCUT2D eigenvalue weighted by molar-refractivity contribution is -0.144. The van der Waals surface area contributed by atoms with Crippen molar-refractivity contribution in [3.8, 4) is 5.75 Å². The number of nitrogens with one attached hydrogen (secondary N) is 1. The highest BCUT2D eigenvalue weighted by Gasteiger charge is 2.21. The summed E-state index contributed by atoms with van der Waals surface area (Å²) < 4.78 is 5.33. The summed E-state index contributed by atoms with van der Waals surface area (Å²) in [5.41, 5.74) is 5.34. The number of primary amides is 1. The van der Waals surface area contributed by atoms with Crippen LogP contribution in [0.2, 0.25) is 0 Å². The molecule has 108 valence electrons. The lowest BCUT2D eigenvalue weighted by atomic mass is 10.1. The van der Waals surface area contributed by atoms with E-state index in [-0.39, 0.29) is 13.0 Å². The third kappa shape index (κ3) is 4.60. The molecule has 0 fully saturated rings. The van der Waals surface area contributed by atoms with Crippen LogP contribution in [0, 0.1) is 5.92 Å². The van der Waals surface area contributed by atoms with Crippen LogP contribution in [0.1, 0.15) is 13.3 Å². The number of aliphatic carboxylic acids is 1. The summed E-state index contributed by atoms with van der Waals surface area (Å²) in [7, 11) is 0. The van der Waals surface area contributed by atoms with E-state index in [1.807, 2.05) is 0 Å². The van der Waals surface area contributed by atoms with Crippen molar-refractivity contribution in [2.45, 2.75) is 13.3 Å². The maximum atomic E-state index is 11.7. The minimum absolute atomic E-state index is 0.0494. The summed E-state index contributed by atoms with van der Waals surface area (Å²) in [5.74, 6) is -3.18. The van der Waals surface area contributed by atoms with Crippen molar-refractivity contribution >= 4 is 23.5 Å². The second-order valence-electron chi connectivity index (χ2n) is 4.11. The molecule has 0 aliphatic heterocycles. The first-order valence-electron chi connectivity index (χ1n) is 5.95. The molecule has 0 aliphatic carbocycles. The predicted molar refractivity (Wildman–Crippen MR) is 71.2 cm³/mol. The molecule has 1 aromatic rings. The Labute approximate surface area is 115 Å². The van der Waals surface area contributed by atoms with Gasteiger partial charge in [0.1, 0.15) is 11.7 Å². The van der Waals surface area contributed by atoms with Crippen LogP contribution in [0.3, 0.4) is 0 Å². The SMILES string of the molecule is CC(C(=O)O)C(=O)Nc1ccccc1OCCC(N)=O. The van der Waals surface area contributed by atoms with E-state index in [1.54, 1.807) is 24.3 Å². The zero-order chi connectivity index (χ0) is 15.1. The smallest absolute Gasteiger partial charge is 0.315 e. The van der Waals surface area contributed by atoms with E-state index in [1.165, 1.54) is 6.92 Å². The molecule has 0 radical (unpaired) electrons. The summed E-state index contributed by atoms with van der Waals surface area (Å²) >= 11 is 0. The molecule has 0 bridgehead atoms. The summed E-state index contributed by atoms with van der Waals surface area (Å²) in [6.45, 7) is 1.37. The Morgan fingerprint density at radius 2 is 2.00 bits per heavy atom. The molecule has 1 unspecified atom stereocenters. The average molecular weight is 280 g/mol. The van der Waals surface area contributed by atoms with Gasteiger partial charge in [-0.15, -0.1) is 0 Å². The van der Waals surface area contributed by atoms with Gasteiger partial charge < -0.3 is 20.9 Å². The van der Waals surface area contributed by atoms with Crippen molar-refractivity contribution in [1.29, 1.82) is 0 Å². The third-order valence-electron chi connectivity index (χ3n) is 2.51. The predicted octanol–water partition coefficient (Wildman–Crippen LogP) is 0.600. The van der Waals surface area contributed by atoms with Gasteiger partial charge in [0.15, 0.2) is 0 Å². The van der Waals surface area contributed by atoms with Gasteiger partial charge >= 0.3 is 5.97 Å². The van der Waals surface area contributed by atoms with E-state index < -0.39 is 23.7 Å². The van der Waals surface area contributed by atoms with Crippen LogP contribution in [-0.4, -0.2) is 29.5 Å². The summed E-state index contributed by atoms with van der Waals surface area (Å²) in [6, 6.07) is 6.53. The molecule has 1 aromatic carbocycles. The lowest BCUT2D eigenvalue weighted by Crippen LogP contribution is -2.27. The zero-order valence-electron chi connectivity index (χ0n) is 11.0. The molecule has 7 nitrogen and oxygen atoms in total. The molecule has 7 heteroatoms. The molecular weight excluding hydrogens is 264 g/mol. The number of benzene rings is 1. The Bertz CT molecular complexity index is 515. The van der Waals surface area contributed by atoms with Crippen molar-refractivity contribution in [3.05, 3.63) is 24.3 Å². The molecule has 1 atom stereocenters. The number of rotatable bonds is 7. The molecule has 2 amide bonds. The maximum Gasteiger partial charge on any atom is 0.315 e. The minimum atomic E-state index is -1.21. The first-order valence-corrected chi connectivity index (χ1v) is 5.95. The highest BCUT2D eigenvalue weighted by atomic mass is 16.5. The van der Waals surface area contributed by atoms with Crippen LogP contribution >= 0.6 is 0 Å². The van der Waals surface area contributed by atoms with Crippen molar-refractivity contribution in [2.75, 3.05) is 11.9 Å². The number of carboxylic acid groups (broad SMARTS) is 1. The summed E-state index contributed by atoms with van der Waals surface area (Å²) in [4.78, 5) is 33.0. The fourth-order valence-corrected chi connectivity index (χ4v) is 1.31. The van der Waals surface area contributed by atoms with Gasteiger partial charge in [0.05, 0.1) is 18.7 Å². The van der Waals surface area contributed by atoms with Crippen LogP contribution < -0.4 is 15.8 Å². The number of ether oxygens (including phenoxy) is 1. The minimum Gasteiger partial charge on any atom is -0.491 e. The van der Waals surface area contributed by atoms with Crippen molar-refractivity contribution in [3.63, 3.8) is 0 Å². The number of anilines is 1. The van der Waals surface area contributed by atoms with Gasteiger partial charge in [-0.2, -0.15) is 0 Å². The van der Waals surface area contributed by atoms with Crippen molar-refractivity contribution < 1.29 is 24.2 Å². The van der Waals surface area contributed by atoms with Crippen LogP contribution in [0.15, 0.2) is 24.3 Å². The summed E-state index contributed by atoms with van der Waals surface area (Å²) in [5, 5.41) is 11.2. The van der Waals surface area contributed by atoms with Crippen molar-refractivity contribution in [2.24, 2.45) is 11.7 Å². The molecule has 0 heterocycles. The zero-order valence-corrected chi connectivity index (χ0v) is 11.0. The fraction of sp³-hybridized carbons (Fsp3) is 0.308. The quantitative estimate of drug-likeness (QED) is 0.632. The largest absolute Gasteiger partial charge is 0.491 e. The van der Waals surface area contributed by atoms with Crippen LogP contribution in [-0.2, 0) is 14.4 Å². The monoisotopic (exact) mass is 280 g/mol. The Morgan fingerprint density at radius 3 is 2.60 bits per heavy atom. The molecule has 1 rings (SSSR count). The maximum absolute atomic E-state index is 11.7. The normalized spacial score (nSPS) is 11.4. The molecule has 4 N–H and O–H groups in total. The number of para-hydroxylation sites is 2. The fourth-order valence-electron chi connectivity index (χ4n) is 1.31. The number of carbonyl (C=O) groups is 3. The van der Waals surface area contributed by atoms with Crippen LogP contribution in [0.4, 0.5) is 5.69 Å². The third-order valence-corrected chi connectivity index (χ3v) is 2.51. The Hall–Kier alpha value is -2.57. The van der Waals surface area contributed by atoms with E-state index in [0.717, 1.165) is 0 Å². The number of hydrogen-bond acceptors (Lipinski definition) is 4. The molecule has 0 saturated heterocycles. The molecule has 0 aromatic heterocycles. The second kappa shape index (κ2) is 7.13. The number of amides is 2. The number of carboxylic acids is 1. The standard InChI is InChI=1S/C13H16N2O5/c1-8(13(18)19)12(17)15-9-4-2-3-5-10(9)20-7-6-11(14)16/h2-5,8H,6-7H2,1H3,(H2,14,16)(H,15,17)(H,18,19). The van der Waals surface area contributed by atoms with Crippen molar-refractivity contribution in [1.82, 2.24) is 0 Å². The molecule has 20 heavy (non-hydrogen) atoms. The van der Waals surface area contributed by atoms with Gasteiger partial charge in [0.2, 0.25) is 11.8 Å². The van der Waals surface area contributed by atoms with Gasteiger partial charge in [0.25, 0.3) is 0 Å². The van der Waals surface area contributed by atoms with Crippen LogP contribution in [0.25, 0.3) is 0 Å². The van der Waals surface area contributed by atoms with Crippen LogP contribution in [0.5, 0.6) is 5.75 Å². The number of nitrogens with two attached hydrogens (primary N) is 1. The first kappa shape index (κ1) is 15.5. The van der Waals surface area contributed by atoms with E-state index in [0.29, 0.717) is 11.4 Å².